The fraction of sp³-hybridized carbons (Fsp3) is 0.130. The van der Waals surface area contributed by atoms with Crippen molar-refractivity contribution < 1.29 is 0 Å². The molecule has 1 aromatic heterocycles. The number of aryl methyl sites for hydroxylation is 2. The van der Waals surface area contributed by atoms with Gasteiger partial charge < -0.3 is 0 Å². The van der Waals surface area contributed by atoms with Gasteiger partial charge in [0.25, 0.3) is 0 Å². The number of rotatable bonds is 3. The molecule has 1 heterocycles. The Bertz CT molecular complexity index is 1160. The number of fused-ring (bicyclic) bond motifs is 1. The number of pyridine rings is 1. The van der Waals surface area contributed by atoms with Crippen LogP contribution in [-0.4, -0.2) is 10.7 Å². The highest BCUT2D eigenvalue weighted by Gasteiger charge is 2.16. The Balaban J connectivity index is 1.56. The zero-order valence-corrected chi connectivity index (χ0v) is 14.7. The van der Waals surface area contributed by atoms with E-state index in [9.17, 15) is 0 Å². The van der Waals surface area contributed by atoms with Crippen LogP contribution >= 0.6 is 0 Å². The van der Waals surface area contributed by atoms with Gasteiger partial charge in [-0.15, -0.1) is 0 Å². The number of nitrogens with one attached hydrogen (secondary N) is 1. The van der Waals surface area contributed by atoms with Crippen molar-refractivity contribution in [3.8, 4) is 0 Å². The van der Waals surface area contributed by atoms with E-state index >= 15 is 0 Å². The summed E-state index contributed by atoms with van der Waals surface area (Å²) in [5.41, 5.74) is 10.2. The lowest BCUT2D eigenvalue weighted by molar-refractivity contribution is 1.02. The molecule has 3 heteroatoms. The molecule has 0 aliphatic heterocycles. The van der Waals surface area contributed by atoms with Gasteiger partial charge in [0.15, 0.2) is 0 Å². The van der Waals surface area contributed by atoms with Crippen LogP contribution in [0.2, 0.25) is 0 Å². The summed E-state index contributed by atoms with van der Waals surface area (Å²) in [4.78, 5) is 4.48. The van der Waals surface area contributed by atoms with E-state index < -0.39 is 0 Å². The molecule has 0 saturated heterocycles. The van der Waals surface area contributed by atoms with Crippen LogP contribution < -0.4 is 5.43 Å². The number of hydrogen-bond acceptors (Lipinski definition) is 3. The minimum absolute atomic E-state index is 0.924. The first-order valence-electron chi connectivity index (χ1n) is 8.99. The van der Waals surface area contributed by atoms with Crippen LogP contribution in [0.25, 0.3) is 21.7 Å². The highest BCUT2D eigenvalue weighted by atomic mass is 15.3. The van der Waals surface area contributed by atoms with Crippen LogP contribution in [0.15, 0.2) is 72.0 Å². The number of nitrogens with zero attached hydrogens (tertiary/aromatic N) is 2. The first-order valence-corrected chi connectivity index (χ1v) is 8.99. The van der Waals surface area contributed by atoms with Crippen LogP contribution in [0, 0.1) is 0 Å². The van der Waals surface area contributed by atoms with Gasteiger partial charge >= 0.3 is 0 Å². The summed E-state index contributed by atoms with van der Waals surface area (Å²) in [5.74, 6) is 0. The molecule has 1 aliphatic rings. The summed E-state index contributed by atoms with van der Waals surface area (Å²) >= 11 is 0. The third-order valence-electron chi connectivity index (χ3n) is 5.24. The molecule has 0 fully saturated rings. The molecule has 0 atom stereocenters. The minimum atomic E-state index is 0.924. The molecule has 4 aromatic rings. The molecule has 0 unspecified atom stereocenters. The van der Waals surface area contributed by atoms with E-state index in [2.05, 4.69) is 64.9 Å². The molecule has 3 nitrogen and oxygen atoms in total. The summed E-state index contributed by atoms with van der Waals surface area (Å²) < 4.78 is 0. The molecule has 1 N–H and O–H groups in total. The van der Waals surface area contributed by atoms with Gasteiger partial charge in [0.05, 0.1) is 16.9 Å². The molecule has 0 amide bonds. The second kappa shape index (κ2) is 5.95. The maximum Gasteiger partial charge on any atom is 0.0951 e. The van der Waals surface area contributed by atoms with Crippen molar-refractivity contribution in [3.63, 3.8) is 0 Å². The Hall–Kier alpha value is -3.20. The summed E-state index contributed by atoms with van der Waals surface area (Å²) in [6.45, 7) is 2.06. The van der Waals surface area contributed by atoms with Gasteiger partial charge in [-0.2, -0.15) is 5.10 Å². The zero-order chi connectivity index (χ0) is 17.5. The van der Waals surface area contributed by atoms with Crippen molar-refractivity contribution in [2.45, 2.75) is 19.8 Å². The molecular formula is C23H19N3. The SMILES string of the molecule is C/C(=N\Nc1cccc2cccnc12)c1ccc2c3c(cccc13)CC2. The third kappa shape index (κ3) is 2.36. The largest absolute Gasteiger partial charge is 0.276 e. The predicted molar refractivity (Wildman–Crippen MR) is 109 cm³/mol. The van der Waals surface area contributed by atoms with Crippen LogP contribution in [0.5, 0.6) is 0 Å². The second-order valence-electron chi connectivity index (χ2n) is 6.80. The Morgan fingerprint density at radius 1 is 0.923 bits per heavy atom. The summed E-state index contributed by atoms with van der Waals surface area (Å²) in [5, 5.41) is 8.50. The normalized spacial score (nSPS) is 13.5. The fourth-order valence-electron chi connectivity index (χ4n) is 3.96. The number of hydrazone groups is 1. The topological polar surface area (TPSA) is 37.3 Å². The summed E-state index contributed by atoms with van der Waals surface area (Å²) in [6, 6.07) is 21.2. The van der Waals surface area contributed by atoms with Gasteiger partial charge in [-0.05, 0) is 53.8 Å². The van der Waals surface area contributed by atoms with Crippen LogP contribution in [0.3, 0.4) is 0 Å². The van der Waals surface area contributed by atoms with Gasteiger partial charge in [-0.3, -0.25) is 10.4 Å². The van der Waals surface area contributed by atoms with Crippen molar-refractivity contribution in [1.29, 1.82) is 0 Å². The van der Waals surface area contributed by atoms with Crippen LogP contribution in [0.4, 0.5) is 5.69 Å². The van der Waals surface area contributed by atoms with E-state index in [-0.39, 0.29) is 0 Å². The lowest BCUT2D eigenvalue weighted by Gasteiger charge is -2.10. The second-order valence-corrected chi connectivity index (χ2v) is 6.80. The van der Waals surface area contributed by atoms with E-state index in [1.54, 1.807) is 0 Å². The average molecular weight is 337 g/mol. The van der Waals surface area contributed by atoms with E-state index in [1.165, 1.54) is 27.5 Å². The highest BCUT2D eigenvalue weighted by molar-refractivity contribution is 6.11. The first-order chi connectivity index (χ1) is 12.8. The van der Waals surface area contributed by atoms with Crippen LogP contribution in [-0.2, 0) is 12.8 Å². The smallest absolute Gasteiger partial charge is 0.0951 e. The lowest BCUT2D eigenvalue weighted by atomic mass is 9.98. The van der Waals surface area contributed by atoms with Crippen molar-refractivity contribution in [2.24, 2.45) is 5.10 Å². The first kappa shape index (κ1) is 15.1. The maximum absolute atomic E-state index is 4.67. The number of benzene rings is 3. The Morgan fingerprint density at radius 2 is 1.73 bits per heavy atom. The number of anilines is 1. The van der Waals surface area contributed by atoms with E-state index in [1.807, 2.05) is 24.4 Å². The van der Waals surface area contributed by atoms with Gasteiger partial charge in [0.1, 0.15) is 0 Å². The average Bonchev–Trinajstić information content (AvgIpc) is 3.11. The molecule has 1 aliphatic carbocycles. The van der Waals surface area contributed by atoms with Crippen molar-refractivity contribution in [2.75, 3.05) is 5.43 Å². The molecular weight excluding hydrogens is 318 g/mol. The van der Waals surface area contributed by atoms with Gasteiger partial charge in [-0.1, -0.05) is 48.5 Å². The van der Waals surface area contributed by atoms with Crippen LogP contribution in [0.1, 0.15) is 23.6 Å². The number of aromatic nitrogens is 1. The summed E-state index contributed by atoms with van der Waals surface area (Å²) in [6.07, 6.45) is 4.10. The molecule has 0 saturated carbocycles. The molecule has 0 radical (unpaired) electrons. The standard InChI is InChI=1S/C23H19N3/c1-15(25-26-21-9-3-6-18-7-4-14-24-23(18)21)19-13-12-17-11-10-16-5-2-8-20(19)22(16)17/h2-9,12-14,26H,10-11H2,1H3/b25-15+. The molecule has 26 heavy (non-hydrogen) atoms. The molecule has 3 aromatic carbocycles. The highest BCUT2D eigenvalue weighted by Crippen LogP contribution is 2.33. The number of para-hydroxylation sites is 1. The quantitative estimate of drug-likeness (QED) is 0.406. The predicted octanol–water partition coefficient (Wildman–Crippen LogP) is 5.32. The van der Waals surface area contributed by atoms with Gasteiger partial charge in [0, 0.05) is 17.1 Å². The third-order valence-corrected chi connectivity index (χ3v) is 5.24. The van der Waals surface area contributed by atoms with E-state index in [0.29, 0.717) is 0 Å². The molecule has 0 bridgehead atoms. The maximum atomic E-state index is 4.67. The lowest BCUT2D eigenvalue weighted by Crippen LogP contribution is -2.02. The van der Waals surface area contributed by atoms with Gasteiger partial charge in [0.2, 0.25) is 0 Å². The Morgan fingerprint density at radius 3 is 2.65 bits per heavy atom. The monoisotopic (exact) mass is 337 g/mol. The zero-order valence-electron chi connectivity index (χ0n) is 14.7. The summed E-state index contributed by atoms with van der Waals surface area (Å²) in [7, 11) is 0. The molecule has 0 spiro atoms. The van der Waals surface area contributed by atoms with E-state index in [4.69, 9.17) is 0 Å². The Labute approximate surface area is 152 Å². The van der Waals surface area contributed by atoms with Crippen molar-refractivity contribution in [1.82, 2.24) is 4.98 Å². The molecule has 5 rings (SSSR count). The number of hydrogen-bond donors (Lipinski definition) is 1. The van der Waals surface area contributed by atoms with Crippen molar-refractivity contribution >= 4 is 33.1 Å². The molecule has 126 valence electrons. The minimum Gasteiger partial charge on any atom is -0.276 e. The Kier molecular flexibility index (Phi) is 3.45. The van der Waals surface area contributed by atoms with Crippen molar-refractivity contribution in [3.05, 3.63) is 83.6 Å². The fourth-order valence-corrected chi connectivity index (χ4v) is 3.96. The van der Waals surface area contributed by atoms with Gasteiger partial charge in [-0.25, -0.2) is 0 Å². The van der Waals surface area contributed by atoms with E-state index in [0.717, 1.165) is 35.1 Å².